The molecule has 0 atom stereocenters. The Morgan fingerprint density at radius 3 is 1.79 bits per heavy atom. The number of hydrogen-bond donors (Lipinski definition) is 4. The lowest BCUT2D eigenvalue weighted by atomic mass is 10.1. The van der Waals surface area contributed by atoms with Gasteiger partial charge in [-0.05, 0) is 58.0 Å². The summed E-state index contributed by atoms with van der Waals surface area (Å²) in [5.41, 5.74) is 15.3. The van der Waals surface area contributed by atoms with E-state index >= 15 is 0 Å². The smallest absolute Gasteiger partial charge is 0.0682 e. The fourth-order valence-electron chi connectivity index (χ4n) is 1.70. The molecule has 6 N–H and O–H groups in total. The minimum atomic E-state index is 0.0244. The van der Waals surface area contributed by atoms with Crippen LogP contribution in [0.25, 0.3) is 0 Å². The van der Waals surface area contributed by atoms with Crippen molar-refractivity contribution in [3.63, 3.8) is 0 Å². The number of terminal acetylenes is 1. The van der Waals surface area contributed by atoms with Gasteiger partial charge in [-0.3, -0.25) is 0 Å². The summed E-state index contributed by atoms with van der Waals surface area (Å²) >= 11 is 2.14. The minimum Gasteiger partial charge on any atom is -0.398 e. The van der Waals surface area contributed by atoms with E-state index in [0.29, 0.717) is 17.5 Å². The van der Waals surface area contributed by atoms with E-state index in [4.69, 9.17) is 28.1 Å². The fourth-order valence-corrected chi connectivity index (χ4v) is 2.28. The van der Waals surface area contributed by atoms with Crippen molar-refractivity contribution in [2.75, 3.05) is 11.5 Å². The van der Waals surface area contributed by atoms with Crippen molar-refractivity contribution in [1.29, 1.82) is 0 Å². The molecule has 0 saturated carbocycles. The highest BCUT2D eigenvalue weighted by Crippen LogP contribution is 2.16. The summed E-state index contributed by atoms with van der Waals surface area (Å²) in [5.74, 6) is 9.31. The predicted octanol–water partition coefficient (Wildman–Crippen LogP) is 4.41. The van der Waals surface area contributed by atoms with Gasteiger partial charge in [0.25, 0.3) is 0 Å². The Bertz CT molecular complexity index is 859. The number of halogens is 1. The molecule has 0 aliphatic heterocycles. The van der Waals surface area contributed by atoms with Crippen molar-refractivity contribution in [1.82, 2.24) is 0 Å². The third-order valence-electron chi connectivity index (χ3n) is 3.38. The van der Waals surface area contributed by atoms with Crippen LogP contribution in [0.1, 0.15) is 44.4 Å². The molecule has 2 aromatic rings. The first-order chi connectivity index (χ1) is 13.6. The van der Waals surface area contributed by atoms with Crippen molar-refractivity contribution in [2.24, 2.45) is 11.8 Å². The van der Waals surface area contributed by atoms with Gasteiger partial charge in [-0.2, -0.15) is 0 Å². The van der Waals surface area contributed by atoms with Gasteiger partial charge in [0.05, 0.1) is 13.2 Å². The molecule has 0 saturated heterocycles. The van der Waals surface area contributed by atoms with Crippen molar-refractivity contribution in [3.8, 4) is 24.2 Å². The van der Waals surface area contributed by atoms with E-state index in [0.717, 1.165) is 25.9 Å². The van der Waals surface area contributed by atoms with Gasteiger partial charge in [-0.25, -0.2) is 0 Å². The van der Waals surface area contributed by atoms with Crippen LogP contribution in [0.5, 0.6) is 0 Å². The highest BCUT2D eigenvalue weighted by Gasteiger charge is 1.97. The van der Waals surface area contributed by atoms with Gasteiger partial charge in [0.2, 0.25) is 0 Å². The first-order valence-electron chi connectivity index (χ1n) is 9.26. The molecular weight excluding hydrogens is 475 g/mol. The quantitative estimate of drug-likeness (QED) is 0.276. The molecule has 4 nitrogen and oxygen atoms in total. The highest BCUT2D eigenvalue weighted by atomic mass is 127. The lowest BCUT2D eigenvalue weighted by Gasteiger charge is -2.01. The topological polar surface area (TPSA) is 92.5 Å². The van der Waals surface area contributed by atoms with Gasteiger partial charge >= 0.3 is 0 Å². The zero-order chi connectivity index (χ0) is 22.4. The van der Waals surface area contributed by atoms with Crippen LogP contribution < -0.4 is 11.5 Å². The molecule has 0 heterocycles. The van der Waals surface area contributed by atoms with Gasteiger partial charge in [-0.1, -0.05) is 51.7 Å². The summed E-state index contributed by atoms with van der Waals surface area (Å²) in [6.07, 6.45) is 4.92. The van der Waals surface area contributed by atoms with Gasteiger partial charge in [0.15, 0.2) is 0 Å². The van der Waals surface area contributed by atoms with Crippen molar-refractivity contribution < 1.29 is 10.2 Å². The number of hydrogen-bond acceptors (Lipinski definition) is 4. The van der Waals surface area contributed by atoms with Gasteiger partial charge < -0.3 is 21.7 Å². The normalized spacial score (nSPS) is 9.38. The summed E-state index contributed by atoms with van der Waals surface area (Å²) in [6.45, 7) is 8.13. The SMILES string of the molecule is C#CC(C)C.CC(C)C#Cc1cc(CO)ccc1N.Nc1ccc(CO)cc1I. The Morgan fingerprint density at radius 2 is 1.38 bits per heavy atom. The standard InChI is InChI=1S/C12H15NO.C7H8INO.C5H8/c1-9(2)3-5-11-7-10(8-14)4-6-12(11)13;8-6-3-5(4-10)1-2-7(6)9;1-4-5(2)3/h4,6-7,9,14H,8,13H2,1-2H3;1-3,10H,4,9H2;1,5H,2-3H3. The third-order valence-corrected chi connectivity index (χ3v) is 4.31. The van der Waals surface area contributed by atoms with E-state index in [1.54, 1.807) is 18.2 Å². The minimum absolute atomic E-state index is 0.0244. The maximum Gasteiger partial charge on any atom is 0.0682 e. The second-order valence-electron chi connectivity index (χ2n) is 6.84. The van der Waals surface area contributed by atoms with Crippen LogP contribution in [0.15, 0.2) is 36.4 Å². The van der Waals surface area contributed by atoms with E-state index in [-0.39, 0.29) is 13.2 Å². The van der Waals surface area contributed by atoms with Gasteiger partial charge in [0, 0.05) is 32.3 Å². The van der Waals surface area contributed by atoms with Crippen LogP contribution >= 0.6 is 22.6 Å². The van der Waals surface area contributed by atoms with E-state index in [1.165, 1.54) is 0 Å². The lowest BCUT2D eigenvalue weighted by molar-refractivity contribution is 0.281. The Morgan fingerprint density at radius 1 is 0.897 bits per heavy atom. The van der Waals surface area contributed by atoms with Gasteiger partial charge in [-0.15, -0.1) is 12.3 Å². The molecule has 0 amide bonds. The number of anilines is 2. The molecule has 2 aromatic carbocycles. The molecule has 0 aromatic heterocycles. The molecule has 0 fully saturated rings. The number of nitrogens with two attached hydrogens (primary N) is 2. The maximum absolute atomic E-state index is 8.94. The number of aliphatic hydroxyl groups is 2. The van der Waals surface area contributed by atoms with E-state index < -0.39 is 0 Å². The molecule has 29 heavy (non-hydrogen) atoms. The van der Waals surface area contributed by atoms with E-state index in [1.807, 2.05) is 45.9 Å². The molecule has 2 rings (SSSR count). The summed E-state index contributed by atoms with van der Waals surface area (Å²) < 4.78 is 0.990. The van der Waals surface area contributed by atoms with Crippen LogP contribution in [0.4, 0.5) is 11.4 Å². The molecule has 0 aliphatic carbocycles. The number of benzene rings is 2. The highest BCUT2D eigenvalue weighted by molar-refractivity contribution is 14.1. The maximum atomic E-state index is 8.94. The second-order valence-corrected chi connectivity index (χ2v) is 8.00. The van der Waals surface area contributed by atoms with Crippen molar-refractivity contribution >= 4 is 34.0 Å². The van der Waals surface area contributed by atoms with Crippen LogP contribution in [-0.4, -0.2) is 10.2 Å². The molecule has 0 aliphatic rings. The van der Waals surface area contributed by atoms with E-state index in [2.05, 4.69) is 40.4 Å². The molecule has 0 unspecified atom stereocenters. The summed E-state index contributed by atoms with van der Waals surface area (Å²) in [6, 6.07) is 10.9. The Labute approximate surface area is 188 Å². The van der Waals surface area contributed by atoms with Gasteiger partial charge in [0.1, 0.15) is 0 Å². The molecule has 156 valence electrons. The third kappa shape index (κ3) is 12.1. The zero-order valence-electron chi connectivity index (χ0n) is 17.5. The molecule has 5 heteroatoms. The molecule has 0 radical (unpaired) electrons. The summed E-state index contributed by atoms with van der Waals surface area (Å²) in [5, 5.41) is 17.7. The Balaban J connectivity index is 0.000000455. The van der Waals surface area contributed by atoms with Crippen molar-refractivity contribution in [2.45, 2.75) is 40.9 Å². The molecule has 0 bridgehead atoms. The zero-order valence-corrected chi connectivity index (χ0v) is 19.7. The number of rotatable bonds is 2. The van der Waals surface area contributed by atoms with Crippen LogP contribution in [0.2, 0.25) is 0 Å². The summed E-state index contributed by atoms with van der Waals surface area (Å²) in [7, 11) is 0. The first-order valence-corrected chi connectivity index (χ1v) is 10.3. The van der Waals surface area contributed by atoms with Crippen LogP contribution in [0.3, 0.4) is 0 Å². The Hall–Kier alpha value is -2.19. The fraction of sp³-hybridized carbons (Fsp3) is 0.333. The van der Waals surface area contributed by atoms with Crippen molar-refractivity contribution in [3.05, 3.63) is 56.7 Å². The monoisotopic (exact) mass is 506 g/mol. The number of nitrogen functional groups attached to an aromatic ring is 2. The predicted molar refractivity (Wildman–Crippen MR) is 132 cm³/mol. The molecular formula is C24H31IN2O2. The average Bonchev–Trinajstić information content (AvgIpc) is 2.70. The first kappa shape index (κ1) is 26.8. The summed E-state index contributed by atoms with van der Waals surface area (Å²) in [4.78, 5) is 0. The average molecular weight is 506 g/mol. The second kappa shape index (κ2) is 14.8. The van der Waals surface area contributed by atoms with Crippen LogP contribution in [-0.2, 0) is 13.2 Å². The Kier molecular flexibility index (Phi) is 13.6. The number of aliphatic hydroxyl groups excluding tert-OH is 2. The van der Waals surface area contributed by atoms with Crippen LogP contribution in [0, 0.1) is 39.6 Å². The van der Waals surface area contributed by atoms with E-state index in [9.17, 15) is 0 Å². The largest absolute Gasteiger partial charge is 0.398 e. The lowest BCUT2D eigenvalue weighted by Crippen LogP contribution is -1.93. The molecule has 0 spiro atoms.